The Balaban J connectivity index is 1.75. The number of halogens is 1. The summed E-state index contributed by atoms with van der Waals surface area (Å²) in [6.45, 7) is 0.168. The van der Waals surface area contributed by atoms with Crippen LogP contribution in [-0.2, 0) is 11.3 Å². The maximum Gasteiger partial charge on any atom is 0.330 e. The molecule has 0 aliphatic heterocycles. The molecule has 0 spiro atoms. The highest BCUT2D eigenvalue weighted by Crippen LogP contribution is 2.17. The molecule has 1 amide bonds. The van der Waals surface area contributed by atoms with Crippen molar-refractivity contribution in [2.24, 2.45) is 0 Å². The van der Waals surface area contributed by atoms with Crippen molar-refractivity contribution in [1.29, 1.82) is 0 Å². The van der Waals surface area contributed by atoms with Gasteiger partial charge in [-0.2, -0.15) is 0 Å². The predicted octanol–water partition coefficient (Wildman–Crippen LogP) is 1.74. The summed E-state index contributed by atoms with van der Waals surface area (Å²) in [6, 6.07) is 14.5. The van der Waals surface area contributed by atoms with E-state index >= 15 is 0 Å². The van der Waals surface area contributed by atoms with E-state index in [1.807, 2.05) is 30.3 Å². The molecule has 0 aliphatic rings. The number of carbonyl (C=O) groups excluding carboxylic acids is 1. The highest BCUT2D eigenvalue weighted by Gasteiger charge is 2.21. The number of carbonyl (C=O) groups is 1. The smallest absolute Gasteiger partial charge is 0.330 e. The van der Waals surface area contributed by atoms with E-state index in [0.29, 0.717) is 5.75 Å². The molecule has 3 N–H and O–H groups in total. The van der Waals surface area contributed by atoms with Gasteiger partial charge in [-0.05, 0) is 29.8 Å². The minimum atomic E-state index is -0.753. The average molecular weight is 412 g/mol. The molecule has 0 radical (unpaired) electrons. The summed E-state index contributed by atoms with van der Waals surface area (Å²) in [5, 5.41) is 0. The van der Waals surface area contributed by atoms with Crippen molar-refractivity contribution < 1.29 is 13.9 Å². The van der Waals surface area contributed by atoms with E-state index in [-0.39, 0.29) is 31.1 Å². The van der Waals surface area contributed by atoms with Crippen molar-refractivity contribution in [3.8, 4) is 5.75 Å². The van der Waals surface area contributed by atoms with Crippen molar-refractivity contribution in [2.45, 2.75) is 13.0 Å². The molecule has 0 saturated carbocycles. The number of hydrogen-bond acceptors (Lipinski definition) is 5. The SMILES string of the molecule is CN(C(=O)CCOc1ccc(F)cc1)c1c(N)n(Cc2ccccc2)c(=O)[nH]c1=O. The zero-order valence-corrected chi connectivity index (χ0v) is 16.3. The van der Waals surface area contributed by atoms with Gasteiger partial charge in [0.05, 0.1) is 19.6 Å². The van der Waals surface area contributed by atoms with E-state index in [1.54, 1.807) is 0 Å². The molecule has 30 heavy (non-hydrogen) atoms. The molecule has 3 aromatic rings. The van der Waals surface area contributed by atoms with Crippen molar-refractivity contribution in [2.75, 3.05) is 24.3 Å². The van der Waals surface area contributed by atoms with Gasteiger partial charge in [-0.3, -0.25) is 19.1 Å². The Morgan fingerprint density at radius 1 is 1.13 bits per heavy atom. The topological polar surface area (TPSA) is 110 Å². The maximum absolute atomic E-state index is 12.9. The number of aromatic amines is 1. The first-order valence-electron chi connectivity index (χ1n) is 9.18. The van der Waals surface area contributed by atoms with Crippen LogP contribution in [0.15, 0.2) is 64.2 Å². The van der Waals surface area contributed by atoms with Gasteiger partial charge in [0.1, 0.15) is 17.4 Å². The first kappa shape index (κ1) is 20.8. The summed E-state index contributed by atoms with van der Waals surface area (Å²) in [5.41, 5.74) is 5.37. The van der Waals surface area contributed by atoms with Gasteiger partial charge in [-0.1, -0.05) is 30.3 Å². The molecule has 0 atom stereocenters. The molecular formula is C21H21FN4O4. The number of hydrogen-bond donors (Lipinski definition) is 2. The Labute approximate surface area is 171 Å². The molecule has 156 valence electrons. The maximum atomic E-state index is 12.9. The lowest BCUT2D eigenvalue weighted by atomic mass is 10.2. The number of nitrogens with zero attached hydrogens (tertiary/aromatic N) is 2. The quantitative estimate of drug-likeness (QED) is 0.614. The molecule has 1 aromatic heterocycles. The van der Waals surface area contributed by atoms with Crippen LogP contribution in [0.2, 0.25) is 0 Å². The largest absolute Gasteiger partial charge is 0.493 e. The number of nitrogens with two attached hydrogens (primary N) is 1. The van der Waals surface area contributed by atoms with Crippen LogP contribution in [-0.4, -0.2) is 29.1 Å². The highest BCUT2D eigenvalue weighted by atomic mass is 19.1. The highest BCUT2D eigenvalue weighted by molar-refractivity contribution is 5.95. The molecule has 0 saturated heterocycles. The molecule has 0 aliphatic carbocycles. The summed E-state index contributed by atoms with van der Waals surface area (Å²) in [4.78, 5) is 40.4. The molecule has 0 unspecified atom stereocenters. The summed E-state index contributed by atoms with van der Waals surface area (Å²) in [6.07, 6.45) is -0.0510. The number of ether oxygens (including phenoxy) is 1. The molecule has 8 nitrogen and oxygen atoms in total. The second kappa shape index (κ2) is 9.08. The lowest BCUT2D eigenvalue weighted by molar-refractivity contribution is -0.118. The van der Waals surface area contributed by atoms with Crippen molar-refractivity contribution in [1.82, 2.24) is 9.55 Å². The Morgan fingerprint density at radius 2 is 1.80 bits per heavy atom. The van der Waals surface area contributed by atoms with Gasteiger partial charge in [-0.15, -0.1) is 0 Å². The summed E-state index contributed by atoms with van der Waals surface area (Å²) >= 11 is 0. The fraction of sp³-hybridized carbons (Fsp3) is 0.190. The number of anilines is 2. The van der Waals surface area contributed by atoms with Gasteiger partial charge in [0, 0.05) is 7.05 Å². The monoisotopic (exact) mass is 412 g/mol. The second-order valence-corrected chi connectivity index (χ2v) is 6.57. The Hall–Kier alpha value is -3.88. The molecule has 3 rings (SSSR count). The van der Waals surface area contributed by atoms with E-state index < -0.39 is 23.0 Å². The summed E-state index contributed by atoms with van der Waals surface area (Å²) in [7, 11) is 1.40. The van der Waals surface area contributed by atoms with Crippen molar-refractivity contribution in [3.63, 3.8) is 0 Å². The standard InChI is InChI=1S/C21H21FN4O4/c1-25(17(27)11-12-30-16-9-7-15(22)8-10-16)18-19(23)26(21(29)24-20(18)28)13-14-5-3-2-4-6-14/h2-10H,11-13,23H2,1H3,(H,24,28,29). The third-order valence-corrected chi connectivity index (χ3v) is 4.51. The molecule has 9 heteroatoms. The lowest BCUT2D eigenvalue weighted by Crippen LogP contribution is -2.39. The van der Waals surface area contributed by atoms with Crippen LogP contribution in [0.1, 0.15) is 12.0 Å². The van der Waals surface area contributed by atoms with Crippen LogP contribution < -0.4 is 26.6 Å². The normalized spacial score (nSPS) is 10.6. The fourth-order valence-corrected chi connectivity index (χ4v) is 2.90. The van der Waals surface area contributed by atoms with E-state index in [4.69, 9.17) is 10.5 Å². The van der Waals surface area contributed by atoms with Gasteiger partial charge >= 0.3 is 5.69 Å². The number of nitrogen functional groups attached to an aromatic ring is 1. The number of H-pyrrole nitrogens is 1. The predicted molar refractivity (Wildman–Crippen MR) is 111 cm³/mol. The third-order valence-electron chi connectivity index (χ3n) is 4.51. The third kappa shape index (κ3) is 4.75. The summed E-state index contributed by atoms with van der Waals surface area (Å²) in [5.74, 6) is -0.513. The molecule has 2 aromatic carbocycles. The fourth-order valence-electron chi connectivity index (χ4n) is 2.90. The number of rotatable bonds is 7. The zero-order valence-electron chi connectivity index (χ0n) is 16.3. The van der Waals surface area contributed by atoms with Gasteiger partial charge in [0.25, 0.3) is 5.56 Å². The van der Waals surface area contributed by atoms with Crippen LogP contribution in [0.5, 0.6) is 5.75 Å². The van der Waals surface area contributed by atoms with Gasteiger partial charge < -0.3 is 15.4 Å². The van der Waals surface area contributed by atoms with E-state index in [1.165, 1.54) is 35.9 Å². The second-order valence-electron chi connectivity index (χ2n) is 6.57. The molecule has 0 fully saturated rings. The average Bonchev–Trinajstić information content (AvgIpc) is 2.73. The molecular weight excluding hydrogens is 391 g/mol. The minimum Gasteiger partial charge on any atom is -0.493 e. The molecule has 1 heterocycles. The zero-order chi connectivity index (χ0) is 21.7. The number of amides is 1. The van der Waals surface area contributed by atoms with Crippen LogP contribution in [0.4, 0.5) is 15.9 Å². The first-order valence-corrected chi connectivity index (χ1v) is 9.18. The Bertz CT molecular complexity index is 1140. The van der Waals surface area contributed by atoms with Crippen LogP contribution in [0.3, 0.4) is 0 Å². The van der Waals surface area contributed by atoms with Gasteiger partial charge in [0.15, 0.2) is 5.69 Å². The Morgan fingerprint density at radius 3 is 2.47 bits per heavy atom. The van der Waals surface area contributed by atoms with Crippen LogP contribution >= 0.6 is 0 Å². The number of benzene rings is 2. The molecule has 0 bridgehead atoms. The van der Waals surface area contributed by atoms with E-state index in [9.17, 15) is 18.8 Å². The first-order chi connectivity index (χ1) is 14.4. The van der Waals surface area contributed by atoms with Crippen LogP contribution in [0, 0.1) is 5.82 Å². The Kier molecular flexibility index (Phi) is 6.31. The van der Waals surface area contributed by atoms with E-state index in [0.717, 1.165) is 10.5 Å². The van der Waals surface area contributed by atoms with Crippen LogP contribution in [0.25, 0.3) is 0 Å². The van der Waals surface area contributed by atoms with Gasteiger partial charge in [-0.25, -0.2) is 9.18 Å². The summed E-state index contributed by atoms with van der Waals surface area (Å²) < 4.78 is 19.5. The minimum absolute atomic E-state index is 0.0241. The number of aromatic nitrogens is 2. The van der Waals surface area contributed by atoms with Crippen molar-refractivity contribution in [3.05, 3.63) is 86.8 Å². The van der Waals surface area contributed by atoms with Gasteiger partial charge in [0.2, 0.25) is 5.91 Å². The lowest BCUT2D eigenvalue weighted by Gasteiger charge is -2.20. The van der Waals surface area contributed by atoms with E-state index in [2.05, 4.69) is 4.98 Å². The van der Waals surface area contributed by atoms with Crippen molar-refractivity contribution >= 4 is 17.4 Å². The number of nitrogens with one attached hydrogen (secondary N) is 1.